The van der Waals surface area contributed by atoms with Crippen LogP contribution in [0, 0.1) is 0 Å². The second-order valence-electron chi connectivity index (χ2n) is 4.54. The fraction of sp³-hybridized carbons (Fsp3) is 0.909. The third kappa shape index (κ3) is 5.91. The van der Waals surface area contributed by atoms with Gasteiger partial charge in [0.1, 0.15) is 0 Å². The summed E-state index contributed by atoms with van der Waals surface area (Å²) in [6.07, 6.45) is -1.98. The Bertz CT molecular complexity index is 250. The fourth-order valence-electron chi connectivity index (χ4n) is 1.94. The summed E-state index contributed by atoms with van der Waals surface area (Å²) < 4.78 is 36.1. The minimum absolute atomic E-state index is 0.00273. The zero-order valence-electron chi connectivity index (χ0n) is 10.0. The van der Waals surface area contributed by atoms with Crippen LogP contribution < -0.4 is 5.32 Å². The Balaban J connectivity index is 2.22. The van der Waals surface area contributed by atoms with Crippen LogP contribution >= 0.6 is 0 Å². The molecule has 3 nitrogen and oxygen atoms in total. The summed E-state index contributed by atoms with van der Waals surface area (Å²) in [7, 11) is 0. The predicted molar refractivity (Wildman–Crippen MR) is 58.6 cm³/mol. The quantitative estimate of drug-likeness (QED) is 0.829. The summed E-state index contributed by atoms with van der Waals surface area (Å²) >= 11 is 0. The van der Waals surface area contributed by atoms with E-state index in [1.165, 1.54) is 6.92 Å². The first-order valence-electron chi connectivity index (χ1n) is 5.96. The van der Waals surface area contributed by atoms with Gasteiger partial charge in [0.15, 0.2) is 0 Å². The molecule has 1 fully saturated rings. The maximum atomic E-state index is 12.0. The first kappa shape index (κ1) is 14.3. The number of alkyl halides is 3. The Hall–Kier alpha value is -0.780. The summed E-state index contributed by atoms with van der Waals surface area (Å²) in [5, 5.41) is 2.63. The van der Waals surface area contributed by atoms with E-state index in [4.69, 9.17) is 0 Å². The lowest BCUT2D eigenvalue weighted by Crippen LogP contribution is -2.43. The van der Waals surface area contributed by atoms with E-state index >= 15 is 0 Å². The molecule has 1 amide bonds. The lowest BCUT2D eigenvalue weighted by Gasteiger charge is -2.27. The van der Waals surface area contributed by atoms with Crippen LogP contribution in [0.15, 0.2) is 0 Å². The lowest BCUT2D eigenvalue weighted by atomic mass is 10.1. The highest BCUT2D eigenvalue weighted by molar-refractivity contribution is 5.78. The molecule has 1 heterocycles. The average molecular weight is 252 g/mol. The molecule has 17 heavy (non-hydrogen) atoms. The van der Waals surface area contributed by atoms with Gasteiger partial charge >= 0.3 is 6.18 Å². The van der Waals surface area contributed by atoms with E-state index in [1.807, 2.05) is 0 Å². The van der Waals surface area contributed by atoms with Crippen molar-refractivity contribution in [3.05, 3.63) is 0 Å². The molecule has 0 aromatic rings. The van der Waals surface area contributed by atoms with Crippen molar-refractivity contribution in [3.8, 4) is 0 Å². The largest absolute Gasteiger partial charge is 0.390 e. The van der Waals surface area contributed by atoms with Crippen LogP contribution in [0.3, 0.4) is 0 Å². The van der Waals surface area contributed by atoms with E-state index in [0.717, 1.165) is 32.4 Å². The molecule has 0 bridgehead atoms. The van der Waals surface area contributed by atoms with Crippen LogP contribution in [0.1, 0.15) is 32.6 Å². The number of hydrogen-bond acceptors (Lipinski definition) is 2. The Morgan fingerprint density at radius 2 is 1.88 bits per heavy atom. The van der Waals surface area contributed by atoms with Gasteiger partial charge in [-0.05, 0) is 26.2 Å². The summed E-state index contributed by atoms with van der Waals surface area (Å²) in [6, 6.07) is -0.719. The first-order valence-corrected chi connectivity index (χ1v) is 5.96. The first-order chi connectivity index (χ1) is 7.88. The van der Waals surface area contributed by atoms with Crippen molar-refractivity contribution in [3.63, 3.8) is 0 Å². The summed E-state index contributed by atoms with van der Waals surface area (Å²) in [5.41, 5.74) is 0. The van der Waals surface area contributed by atoms with Crippen LogP contribution in [-0.2, 0) is 4.79 Å². The number of rotatable bonds is 4. The van der Waals surface area contributed by atoms with Gasteiger partial charge in [0.2, 0.25) is 5.91 Å². The van der Waals surface area contributed by atoms with Gasteiger partial charge in [0.25, 0.3) is 0 Å². The van der Waals surface area contributed by atoms with Crippen LogP contribution in [0.4, 0.5) is 13.2 Å². The number of carbonyl (C=O) groups excluding carboxylic acids is 1. The van der Waals surface area contributed by atoms with E-state index in [9.17, 15) is 18.0 Å². The van der Waals surface area contributed by atoms with Gasteiger partial charge in [0, 0.05) is 19.1 Å². The number of carbonyl (C=O) groups is 1. The molecule has 6 heteroatoms. The highest BCUT2D eigenvalue weighted by Crippen LogP contribution is 2.21. The van der Waals surface area contributed by atoms with Gasteiger partial charge in [-0.1, -0.05) is 0 Å². The monoisotopic (exact) mass is 252 g/mol. The molecule has 100 valence electrons. The van der Waals surface area contributed by atoms with Crippen molar-refractivity contribution >= 4 is 5.91 Å². The third-order valence-electron chi connectivity index (χ3n) is 2.85. The van der Waals surface area contributed by atoms with E-state index < -0.39 is 18.6 Å². The zero-order chi connectivity index (χ0) is 12.9. The predicted octanol–water partition coefficient (Wildman–Crippen LogP) is 1.93. The molecule has 1 aliphatic rings. The molecule has 1 rings (SSSR count). The van der Waals surface area contributed by atoms with Crippen LogP contribution in [0.2, 0.25) is 0 Å². The molecule has 1 N–H and O–H groups in total. The number of nitrogens with one attached hydrogen (secondary N) is 1. The molecular formula is C11H19F3N2O. The molecular weight excluding hydrogens is 233 g/mol. The number of likely N-dealkylation sites (tertiary alicyclic amines) is 1. The van der Waals surface area contributed by atoms with Crippen molar-refractivity contribution < 1.29 is 18.0 Å². The van der Waals surface area contributed by atoms with Gasteiger partial charge in [-0.2, -0.15) is 13.2 Å². The van der Waals surface area contributed by atoms with E-state index in [0.29, 0.717) is 0 Å². The number of hydrogen-bond donors (Lipinski definition) is 1. The van der Waals surface area contributed by atoms with E-state index in [-0.39, 0.29) is 12.5 Å². The summed E-state index contributed by atoms with van der Waals surface area (Å²) in [4.78, 5) is 13.4. The topological polar surface area (TPSA) is 32.3 Å². The Kier molecular flexibility index (Phi) is 5.24. The van der Waals surface area contributed by atoms with Crippen molar-refractivity contribution in [1.82, 2.24) is 10.2 Å². The molecule has 0 aromatic carbocycles. The maximum absolute atomic E-state index is 12.0. The smallest absolute Gasteiger partial charge is 0.342 e. The molecule has 1 atom stereocenters. The van der Waals surface area contributed by atoms with E-state index in [2.05, 4.69) is 5.32 Å². The molecule has 1 aliphatic heterocycles. The molecule has 0 spiro atoms. The van der Waals surface area contributed by atoms with E-state index in [1.54, 1.807) is 4.90 Å². The van der Waals surface area contributed by atoms with Gasteiger partial charge in [-0.3, -0.25) is 4.79 Å². The molecule has 0 aliphatic carbocycles. The van der Waals surface area contributed by atoms with Gasteiger partial charge in [0.05, 0.1) is 13.0 Å². The van der Waals surface area contributed by atoms with Gasteiger partial charge < -0.3 is 10.2 Å². The van der Waals surface area contributed by atoms with Gasteiger partial charge in [-0.15, -0.1) is 0 Å². The number of halogens is 3. The Morgan fingerprint density at radius 1 is 1.29 bits per heavy atom. The van der Waals surface area contributed by atoms with Gasteiger partial charge in [-0.25, -0.2) is 0 Å². The normalized spacial score (nSPS) is 19.2. The molecule has 1 unspecified atom stereocenters. The van der Waals surface area contributed by atoms with Crippen LogP contribution in [0.25, 0.3) is 0 Å². The second kappa shape index (κ2) is 6.23. The number of amides is 1. The number of nitrogens with zero attached hydrogens (tertiary/aromatic N) is 1. The lowest BCUT2D eigenvalue weighted by molar-refractivity contribution is -0.141. The fourth-order valence-corrected chi connectivity index (χ4v) is 1.94. The SMILES string of the molecule is CC(CC(F)(F)F)NCC(=O)N1CCCCC1. The molecule has 0 aromatic heterocycles. The summed E-state index contributed by atoms with van der Waals surface area (Å²) in [5.74, 6) is -0.0984. The molecule has 0 radical (unpaired) electrons. The van der Waals surface area contributed by atoms with Crippen molar-refractivity contribution in [2.45, 2.75) is 44.8 Å². The van der Waals surface area contributed by atoms with Crippen LogP contribution in [-0.4, -0.2) is 42.7 Å². The highest BCUT2D eigenvalue weighted by Gasteiger charge is 2.30. The minimum atomic E-state index is -4.18. The minimum Gasteiger partial charge on any atom is -0.342 e. The Labute approximate surface area is 99.4 Å². The zero-order valence-corrected chi connectivity index (χ0v) is 10.0. The van der Waals surface area contributed by atoms with Crippen molar-refractivity contribution in [2.75, 3.05) is 19.6 Å². The maximum Gasteiger partial charge on any atom is 0.390 e. The van der Waals surface area contributed by atoms with Crippen LogP contribution in [0.5, 0.6) is 0 Å². The molecule has 0 saturated carbocycles. The Morgan fingerprint density at radius 3 is 2.41 bits per heavy atom. The standard InChI is InChI=1S/C11H19F3N2O/c1-9(7-11(12,13)14)15-8-10(17)16-5-3-2-4-6-16/h9,15H,2-8H2,1H3. The van der Waals surface area contributed by atoms with Crippen molar-refractivity contribution in [1.29, 1.82) is 0 Å². The van der Waals surface area contributed by atoms with Crippen molar-refractivity contribution in [2.24, 2.45) is 0 Å². The third-order valence-corrected chi connectivity index (χ3v) is 2.85. The second-order valence-corrected chi connectivity index (χ2v) is 4.54. The number of piperidine rings is 1. The summed E-state index contributed by atoms with van der Waals surface area (Å²) in [6.45, 7) is 2.90. The average Bonchev–Trinajstić information content (AvgIpc) is 2.25. The molecule has 1 saturated heterocycles. The highest BCUT2D eigenvalue weighted by atomic mass is 19.4.